The molecule has 0 radical (unpaired) electrons. The standard InChI is InChI=1S/C33H36FN3O2/c1-38-31-22-27-16-20-37(30(29(27)23-32(31)39-2)21-25-10-12-28(34)13-11-25)19-15-26-9-6-17-35-33(26)36-18-14-24-7-4-3-5-8-24/h3-13,17,22-23,30H,14-16,18-21H2,1-2H3,(H,35,36). The number of hydrogen-bond acceptors (Lipinski definition) is 5. The molecular formula is C33H36FN3O2. The van der Waals surface area contributed by atoms with Crippen molar-refractivity contribution in [3.63, 3.8) is 0 Å². The molecule has 1 atom stereocenters. The van der Waals surface area contributed by atoms with Crippen LogP contribution in [-0.4, -0.2) is 43.7 Å². The monoisotopic (exact) mass is 525 g/mol. The van der Waals surface area contributed by atoms with Crippen LogP contribution >= 0.6 is 0 Å². The van der Waals surface area contributed by atoms with Crippen molar-refractivity contribution in [1.29, 1.82) is 0 Å². The number of halogens is 1. The lowest BCUT2D eigenvalue weighted by atomic mass is 9.88. The zero-order valence-corrected chi connectivity index (χ0v) is 22.7. The minimum atomic E-state index is -0.213. The minimum absolute atomic E-state index is 0.144. The molecule has 0 spiro atoms. The van der Waals surface area contributed by atoms with Gasteiger partial charge >= 0.3 is 0 Å². The number of methoxy groups -OCH3 is 2. The molecule has 2 heterocycles. The highest BCUT2D eigenvalue weighted by atomic mass is 19.1. The maximum atomic E-state index is 13.6. The van der Waals surface area contributed by atoms with E-state index in [1.807, 2.05) is 30.5 Å². The lowest BCUT2D eigenvalue weighted by Crippen LogP contribution is -2.38. The molecule has 1 unspecified atom stereocenters. The molecule has 39 heavy (non-hydrogen) atoms. The van der Waals surface area contributed by atoms with Gasteiger partial charge in [0.1, 0.15) is 11.6 Å². The van der Waals surface area contributed by atoms with Crippen LogP contribution in [0.3, 0.4) is 0 Å². The molecule has 202 valence electrons. The number of pyridine rings is 1. The van der Waals surface area contributed by atoms with Crippen LogP contribution in [0.5, 0.6) is 11.5 Å². The fourth-order valence-electron chi connectivity index (χ4n) is 5.46. The Morgan fingerprint density at radius 2 is 1.67 bits per heavy atom. The molecule has 4 aromatic rings. The molecule has 0 saturated heterocycles. The van der Waals surface area contributed by atoms with Crippen molar-refractivity contribution in [3.05, 3.63) is 119 Å². The summed E-state index contributed by atoms with van der Waals surface area (Å²) in [6, 6.07) is 25.9. The van der Waals surface area contributed by atoms with Gasteiger partial charge < -0.3 is 14.8 Å². The quantitative estimate of drug-likeness (QED) is 0.250. The van der Waals surface area contributed by atoms with Crippen LogP contribution < -0.4 is 14.8 Å². The second-order valence-corrected chi connectivity index (χ2v) is 9.96. The highest BCUT2D eigenvalue weighted by Gasteiger charge is 2.29. The number of fused-ring (bicyclic) bond motifs is 1. The Labute approximate surface area is 230 Å². The fourth-order valence-corrected chi connectivity index (χ4v) is 5.46. The average Bonchev–Trinajstić information content (AvgIpc) is 2.98. The number of anilines is 1. The Bertz CT molecular complexity index is 1360. The van der Waals surface area contributed by atoms with E-state index in [4.69, 9.17) is 9.47 Å². The highest BCUT2D eigenvalue weighted by Crippen LogP contribution is 2.39. The number of ether oxygens (including phenoxy) is 2. The summed E-state index contributed by atoms with van der Waals surface area (Å²) in [5.41, 5.74) is 6.16. The third-order valence-corrected chi connectivity index (χ3v) is 7.56. The van der Waals surface area contributed by atoms with Crippen LogP contribution in [0.25, 0.3) is 0 Å². The van der Waals surface area contributed by atoms with Gasteiger partial charge in [0.05, 0.1) is 14.2 Å². The summed E-state index contributed by atoms with van der Waals surface area (Å²) in [7, 11) is 3.35. The normalized spacial score (nSPS) is 15.0. The van der Waals surface area contributed by atoms with Crippen LogP contribution in [0.4, 0.5) is 10.2 Å². The van der Waals surface area contributed by atoms with E-state index in [9.17, 15) is 4.39 Å². The molecule has 1 aromatic heterocycles. The van der Waals surface area contributed by atoms with Gasteiger partial charge in [0.2, 0.25) is 0 Å². The third kappa shape index (κ3) is 6.58. The van der Waals surface area contributed by atoms with Gasteiger partial charge in [0.25, 0.3) is 0 Å². The predicted molar refractivity (Wildman–Crippen MR) is 154 cm³/mol. The Morgan fingerprint density at radius 1 is 0.897 bits per heavy atom. The zero-order valence-electron chi connectivity index (χ0n) is 22.7. The van der Waals surface area contributed by atoms with E-state index < -0.39 is 0 Å². The molecule has 1 aliphatic heterocycles. The number of rotatable bonds is 11. The van der Waals surface area contributed by atoms with Crippen LogP contribution in [0.1, 0.15) is 33.9 Å². The first-order chi connectivity index (χ1) is 19.1. The van der Waals surface area contributed by atoms with E-state index in [-0.39, 0.29) is 11.9 Å². The Hall–Kier alpha value is -3.90. The first kappa shape index (κ1) is 26.7. The van der Waals surface area contributed by atoms with Gasteiger partial charge in [0, 0.05) is 31.9 Å². The summed E-state index contributed by atoms with van der Waals surface area (Å²) in [4.78, 5) is 7.19. The number of nitrogens with one attached hydrogen (secondary N) is 1. The molecule has 0 bridgehead atoms. The van der Waals surface area contributed by atoms with Gasteiger partial charge in [-0.2, -0.15) is 0 Å². The van der Waals surface area contributed by atoms with E-state index in [1.165, 1.54) is 22.3 Å². The summed E-state index contributed by atoms with van der Waals surface area (Å²) in [6.45, 7) is 2.66. The molecule has 1 aliphatic rings. The molecular weight excluding hydrogens is 489 g/mol. The topological polar surface area (TPSA) is 46.6 Å². The van der Waals surface area contributed by atoms with E-state index in [0.717, 1.165) is 68.2 Å². The summed E-state index contributed by atoms with van der Waals surface area (Å²) in [5.74, 6) is 2.23. The van der Waals surface area contributed by atoms with E-state index in [0.29, 0.717) is 0 Å². The van der Waals surface area contributed by atoms with Crippen molar-refractivity contribution >= 4 is 5.82 Å². The van der Waals surface area contributed by atoms with Crippen molar-refractivity contribution in [2.45, 2.75) is 31.7 Å². The molecule has 0 fully saturated rings. The summed E-state index contributed by atoms with van der Waals surface area (Å²) >= 11 is 0. The first-order valence-electron chi connectivity index (χ1n) is 13.6. The number of aromatic nitrogens is 1. The fraction of sp³-hybridized carbons (Fsp3) is 0.303. The maximum absolute atomic E-state index is 13.6. The van der Waals surface area contributed by atoms with Gasteiger partial charge in [-0.1, -0.05) is 48.5 Å². The van der Waals surface area contributed by atoms with Crippen molar-refractivity contribution in [2.24, 2.45) is 0 Å². The average molecular weight is 526 g/mol. The lowest BCUT2D eigenvalue weighted by Gasteiger charge is -2.38. The molecule has 0 amide bonds. The van der Waals surface area contributed by atoms with E-state index in [2.05, 4.69) is 57.7 Å². The molecule has 0 saturated carbocycles. The first-order valence-corrected chi connectivity index (χ1v) is 13.6. The Kier molecular flexibility index (Phi) is 8.74. The van der Waals surface area contributed by atoms with Gasteiger partial charge in [-0.25, -0.2) is 9.37 Å². The van der Waals surface area contributed by atoms with E-state index in [1.54, 1.807) is 26.4 Å². The number of benzene rings is 3. The van der Waals surface area contributed by atoms with Crippen LogP contribution in [0.15, 0.2) is 85.1 Å². The SMILES string of the molecule is COc1cc2c(cc1OC)C(Cc1ccc(F)cc1)N(CCc1cccnc1NCCc1ccccc1)CC2. The van der Waals surface area contributed by atoms with Gasteiger partial charge in [-0.15, -0.1) is 0 Å². The Morgan fingerprint density at radius 3 is 2.44 bits per heavy atom. The van der Waals surface area contributed by atoms with Gasteiger partial charge in [0.15, 0.2) is 11.5 Å². The van der Waals surface area contributed by atoms with Gasteiger partial charge in [-0.3, -0.25) is 4.90 Å². The second kappa shape index (κ2) is 12.8. The number of nitrogens with zero attached hydrogens (tertiary/aromatic N) is 2. The minimum Gasteiger partial charge on any atom is -0.493 e. The molecule has 5 nitrogen and oxygen atoms in total. The molecule has 5 rings (SSSR count). The Balaban J connectivity index is 1.34. The van der Waals surface area contributed by atoms with Crippen LogP contribution in [-0.2, 0) is 25.7 Å². The smallest absolute Gasteiger partial charge is 0.161 e. The third-order valence-electron chi connectivity index (χ3n) is 7.56. The summed E-state index contributed by atoms with van der Waals surface area (Å²) < 4.78 is 24.9. The predicted octanol–water partition coefficient (Wildman–Crippen LogP) is 6.28. The molecule has 1 N–H and O–H groups in total. The summed E-state index contributed by atoms with van der Waals surface area (Å²) in [5, 5.41) is 3.55. The van der Waals surface area contributed by atoms with Crippen LogP contribution in [0.2, 0.25) is 0 Å². The lowest BCUT2D eigenvalue weighted by molar-refractivity contribution is 0.185. The maximum Gasteiger partial charge on any atom is 0.161 e. The van der Waals surface area contributed by atoms with Crippen molar-refractivity contribution in [2.75, 3.05) is 39.2 Å². The highest BCUT2D eigenvalue weighted by molar-refractivity contribution is 5.50. The largest absolute Gasteiger partial charge is 0.493 e. The summed E-state index contributed by atoms with van der Waals surface area (Å²) in [6.07, 6.45) is 5.40. The van der Waals surface area contributed by atoms with Gasteiger partial charge in [-0.05, 0) is 83.8 Å². The second-order valence-electron chi connectivity index (χ2n) is 9.96. The van der Waals surface area contributed by atoms with Crippen LogP contribution in [0, 0.1) is 5.82 Å². The van der Waals surface area contributed by atoms with E-state index >= 15 is 0 Å². The van der Waals surface area contributed by atoms with Crippen molar-refractivity contribution in [3.8, 4) is 11.5 Å². The molecule has 3 aromatic carbocycles. The molecule has 0 aliphatic carbocycles. The molecule has 6 heteroatoms. The van der Waals surface area contributed by atoms with Crippen molar-refractivity contribution < 1.29 is 13.9 Å². The zero-order chi connectivity index (χ0) is 27.0. The number of hydrogen-bond donors (Lipinski definition) is 1. The van der Waals surface area contributed by atoms with Crippen molar-refractivity contribution in [1.82, 2.24) is 9.88 Å².